The molecule has 2 rings (SSSR count). The van der Waals surface area contributed by atoms with Crippen LogP contribution in [0.5, 0.6) is 0 Å². The minimum Gasteiger partial charge on any atom is -0.379 e. The average Bonchev–Trinajstić information content (AvgIpc) is 3.02. The van der Waals surface area contributed by atoms with Gasteiger partial charge in [-0.2, -0.15) is 0 Å². The maximum Gasteiger partial charge on any atom is 0.293 e. The zero-order valence-electron chi connectivity index (χ0n) is 13.6. The van der Waals surface area contributed by atoms with E-state index >= 15 is 0 Å². The van der Waals surface area contributed by atoms with Crippen molar-refractivity contribution in [3.8, 4) is 0 Å². The second-order valence-electron chi connectivity index (χ2n) is 5.78. The molecule has 5 N–H and O–H groups in total. The molecule has 10 nitrogen and oxygen atoms in total. The van der Waals surface area contributed by atoms with Crippen molar-refractivity contribution in [1.29, 1.82) is 0 Å². The topological polar surface area (TPSA) is 162 Å². The Morgan fingerprint density at radius 1 is 1.44 bits per heavy atom. The number of nitro groups is 1. The van der Waals surface area contributed by atoms with Gasteiger partial charge in [0, 0.05) is 38.2 Å². The first-order valence-electron chi connectivity index (χ1n) is 7.78. The lowest BCUT2D eigenvalue weighted by molar-refractivity contribution is -0.384. The third-order valence-corrected chi connectivity index (χ3v) is 5.03. The van der Waals surface area contributed by atoms with Gasteiger partial charge in [-0.25, -0.2) is 13.6 Å². The smallest absolute Gasteiger partial charge is 0.293 e. The summed E-state index contributed by atoms with van der Waals surface area (Å²) in [5, 5.41) is 18.9. The van der Waals surface area contributed by atoms with Crippen LogP contribution in [0.1, 0.15) is 19.3 Å². The first-order valence-corrected chi connectivity index (χ1v) is 9.33. The fourth-order valence-electron chi connectivity index (χ4n) is 2.85. The van der Waals surface area contributed by atoms with Crippen molar-refractivity contribution in [3.05, 3.63) is 28.3 Å². The summed E-state index contributed by atoms with van der Waals surface area (Å²) in [5.41, 5.74) is 5.35. The number of sulfonamides is 1. The Morgan fingerprint density at radius 2 is 2.16 bits per heavy atom. The first-order chi connectivity index (χ1) is 11.7. The molecule has 1 aliphatic rings. The van der Waals surface area contributed by atoms with Crippen molar-refractivity contribution >= 4 is 27.3 Å². The maximum absolute atomic E-state index is 12.2. The van der Waals surface area contributed by atoms with Crippen LogP contribution in [0, 0.1) is 10.1 Å². The Kier molecular flexibility index (Phi) is 5.93. The Hall–Kier alpha value is -2.24. The molecule has 1 saturated heterocycles. The zero-order valence-corrected chi connectivity index (χ0v) is 14.4. The molecule has 0 aromatic heterocycles. The molecule has 1 aliphatic heterocycles. The minimum atomic E-state index is -4.03. The number of carbonyl (C=O) groups is 1. The molecule has 1 amide bonds. The standard InChI is InChI=1S/C14H21N5O5S/c15-9-10-2-1-7-18(10)14(20)5-6-17-12-4-3-11(25(16,23)24)8-13(12)19(21)22/h3-4,8,10,17H,1-2,5-7,9,15H2,(H2,16,23,24). The van der Waals surface area contributed by atoms with E-state index in [1.165, 1.54) is 12.1 Å². The average molecular weight is 371 g/mol. The van der Waals surface area contributed by atoms with Gasteiger partial charge in [0.15, 0.2) is 0 Å². The van der Waals surface area contributed by atoms with E-state index in [0.29, 0.717) is 13.1 Å². The Bertz CT molecular complexity index is 767. The summed E-state index contributed by atoms with van der Waals surface area (Å²) < 4.78 is 22.6. The fraction of sp³-hybridized carbons (Fsp3) is 0.500. The lowest BCUT2D eigenvalue weighted by Gasteiger charge is -2.23. The maximum atomic E-state index is 12.2. The van der Waals surface area contributed by atoms with Crippen molar-refractivity contribution in [1.82, 2.24) is 4.90 Å². The number of nitrogens with zero attached hydrogens (tertiary/aromatic N) is 2. The van der Waals surface area contributed by atoms with Crippen molar-refractivity contribution in [2.75, 3.05) is 25.0 Å². The van der Waals surface area contributed by atoms with Crippen LogP contribution in [0.3, 0.4) is 0 Å². The van der Waals surface area contributed by atoms with Crippen LogP contribution in [-0.4, -0.2) is 49.8 Å². The number of likely N-dealkylation sites (tertiary alicyclic amines) is 1. The summed E-state index contributed by atoms with van der Waals surface area (Å²) in [5.74, 6) is -0.0655. The summed E-state index contributed by atoms with van der Waals surface area (Å²) in [7, 11) is -4.03. The molecule has 1 atom stereocenters. The van der Waals surface area contributed by atoms with Crippen LogP contribution in [0.4, 0.5) is 11.4 Å². The number of nitrogens with one attached hydrogen (secondary N) is 1. The van der Waals surface area contributed by atoms with Gasteiger partial charge in [-0.3, -0.25) is 14.9 Å². The molecule has 1 aromatic rings. The summed E-state index contributed by atoms with van der Waals surface area (Å²) in [6, 6.07) is 3.39. The number of amides is 1. The largest absolute Gasteiger partial charge is 0.379 e. The summed E-state index contributed by atoms with van der Waals surface area (Å²) in [4.78, 5) is 24.0. The molecule has 1 unspecified atom stereocenters. The predicted octanol–water partition coefficient (Wildman–Crippen LogP) is -0.00610. The van der Waals surface area contributed by atoms with Gasteiger partial charge in [0.05, 0.1) is 9.82 Å². The van der Waals surface area contributed by atoms with Gasteiger partial charge >= 0.3 is 0 Å². The van der Waals surface area contributed by atoms with Crippen LogP contribution in [0.15, 0.2) is 23.1 Å². The SMILES string of the molecule is NCC1CCCN1C(=O)CCNc1ccc(S(N)(=O)=O)cc1[N+](=O)[O-]. The quantitative estimate of drug-likeness (QED) is 0.448. The monoisotopic (exact) mass is 371 g/mol. The van der Waals surface area contributed by atoms with Gasteiger partial charge in [-0.15, -0.1) is 0 Å². The molecule has 0 saturated carbocycles. The number of nitrogens with two attached hydrogens (primary N) is 2. The summed E-state index contributed by atoms with van der Waals surface area (Å²) >= 11 is 0. The number of primary sulfonamides is 1. The number of rotatable bonds is 7. The Labute approximate surface area is 145 Å². The third-order valence-electron chi connectivity index (χ3n) is 4.12. The van der Waals surface area contributed by atoms with Gasteiger partial charge in [-0.1, -0.05) is 0 Å². The molecule has 0 bridgehead atoms. The van der Waals surface area contributed by atoms with E-state index < -0.39 is 20.6 Å². The van der Waals surface area contributed by atoms with E-state index in [-0.39, 0.29) is 35.5 Å². The molecule has 1 fully saturated rings. The van der Waals surface area contributed by atoms with Crippen LogP contribution in [0.2, 0.25) is 0 Å². The molecular weight excluding hydrogens is 350 g/mol. The highest BCUT2D eigenvalue weighted by Crippen LogP contribution is 2.27. The molecule has 25 heavy (non-hydrogen) atoms. The van der Waals surface area contributed by atoms with E-state index in [4.69, 9.17) is 10.9 Å². The highest BCUT2D eigenvalue weighted by atomic mass is 32.2. The van der Waals surface area contributed by atoms with Crippen molar-refractivity contribution in [2.24, 2.45) is 10.9 Å². The number of anilines is 1. The molecular formula is C14H21N5O5S. The van der Waals surface area contributed by atoms with Gasteiger partial charge in [0.1, 0.15) is 5.69 Å². The molecule has 11 heteroatoms. The Balaban J connectivity index is 2.03. The van der Waals surface area contributed by atoms with Crippen LogP contribution >= 0.6 is 0 Å². The van der Waals surface area contributed by atoms with E-state index in [2.05, 4.69) is 5.32 Å². The van der Waals surface area contributed by atoms with E-state index in [9.17, 15) is 23.3 Å². The van der Waals surface area contributed by atoms with Crippen molar-refractivity contribution in [3.63, 3.8) is 0 Å². The molecule has 0 aliphatic carbocycles. The zero-order chi connectivity index (χ0) is 18.6. The lowest BCUT2D eigenvalue weighted by atomic mass is 10.2. The molecule has 0 radical (unpaired) electrons. The summed E-state index contributed by atoms with van der Waals surface area (Å²) in [6.45, 7) is 1.27. The number of benzene rings is 1. The van der Waals surface area contributed by atoms with Crippen molar-refractivity contribution < 1.29 is 18.1 Å². The highest BCUT2D eigenvalue weighted by Gasteiger charge is 2.27. The third kappa shape index (κ3) is 4.65. The van der Waals surface area contributed by atoms with Crippen LogP contribution in [0.25, 0.3) is 0 Å². The number of hydrogen-bond acceptors (Lipinski definition) is 7. The minimum absolute atomic E-state index is 0.0517. The first kappa shape index (κ1) is 19.1. The van der Waals surface area contributed by atoms with Crippen LogP contribution in [-0.2, 0) is 14.8 Å². The lowest BCUT2D eigenvalue weighted by Crippen LogP contribution is -2.40. The number of nitro benzene ring substituents is 1. The number of carbonyl (C=O) groups excluding carboxylic acids is 1. The second-order valence-corrected chi connectivity index (χ2v) is 7.34. The normalized spacial score (nSPS) is 17.5. The number of hydrogen-bond donors (Lipinski definition) is 3. The molecule has 1 aromatic carbocycles. The van der Waals surface area contributed by atoms with Gasteiger partial charge in [0.2, 0.25) is 15.9 Å². The van der Waals surface area contributed by atoms with Crippen LogP contribution < -0.4 is 16.2 Å². The molecule has 0 spiro atoms. The van der Waals surface area contributed by atoms with Crippen molar-refractivity contribution in [2.45, 2.75) is 30.2 Å². The molecule has 1 heterocycles. The Morgan fingerprint density at radius 3 is 2.76 bits per heavy atom. The van der Waals surface area contributed by atoms with Gasteiger partial charge in [0.25, 0.3) is 5.69 Å². The van der Waals surface area contributed by atoms with Gasteiger partial charge < -0.3 is 16.0 Å². The predicted molar refractivity (Wildman–Crippen MR) is 91.4 cm³/mol. The second kappa shape index (κ2) is 7.76. The van der Waals surface area contributed by atoms with Gasteiger partial charge in [-0.05, 0) is 25.0 Å². The van der Waals surface area contributed by atoms with E-state index in [1.807, 2.05) is 0 Å². The van der Waals surface area contributed by atoms with E-state index in [1.54, 1.807) is 4.90 Å². The molecule has 138 valence electrons. The summed E-state index contributed by atoms with van der Waals surface area (Å²) in [6.07, 6.45) is 1.96. The van der Waals surface area contributed by atoms with E-state index in [0.717, 1.165) is 18.9 Å². The fourth-order valence-corrected chi connectivity index (χ4v) is 3.38. The highest BCUT2D eigenvalue weighted by molar-refractivity contribution is 7.89.